The smallest absolute Gasteiger partial charge is 0.411 e. The van der Waals surface area contributed by atoms with Crippen molar-refractivity contribution in [3.63, 3.8) is 0 Å². The maximum absolute atomic E-state index is 12.5. The Bertz CT molecular complexity index is 853. The highest BCUT2D eigenvalue weighted by molar-refractivity contribution is 5.88. The van der Waals surface area contributed by atoms with E-state index in [0.717, 1.165) is 21.9 Å². The Balaban J connectivity index is 1.97. The Morgan fingerprint density at radius 3 is 2.50 bits per heavy atom. The fourth-order valence-corrected chi connectivity index (χ4v) is 3.75. The number of ether oxygens (including phenoxy) is 1. The summed E-state index contributed by atoms with van der Waals surface area (Å²) in [5, 5.41) is 11.9. The maximum Gasteiger partial charge on any atom is 0.411 e. The fourth-order valence-electron chi connectivity index (χ4n) is 3.75. The molecule has 0 radical (unpaired) electrons. The number of amides is 1. The van der Waals surface area contributed by atoms with Gasteiger partial charge >= 0.3 is 12.1 Å². The van der Waals surface area contributed by atoms with Crippen molar-refractivity contribution >= 4 is 22.8 Å². The molecule has 1 fully saturated rings. The second kappa shape index (κ2) is 6.63. The fraction of sp³-hybridized carbons (Fsp3) is 0.429. The number of carboxylic acid groups (broad SMARTS) is 1. The van der Waals surface area contributed by atoms with E-state index in [1.807, 2.05) is 25.1 Å². The number of fused-ring (bicyclic) bond motifs is 1. The van der Waals surface area contributed by atoms with Crippen LogP contribution < -0.4 is 0 Å². The minimum absolute atomic E-state index is 0.0327. The Morgan fingerprint density at radius 2 is 1.85 bits per heavy atom. The van der Waals surface area contributed by atoms with Gasteiger partial charge in [0.05, 0.1) is 0 Å². The first-order valence-electron chi connectivity index (χ1n) is 8.88. The number of rotatable bonds is 2. The largest absolute Gasteiger partial charge is 0.480 e. The molecule has 5 nitrogen and oxygen atoms in total. The van der Waals surface area contributed by atoms with Crippen LogP contribution in [0.2, 0.25) is 0 Å². The zero-order chi connectivity index (χ0) is 19.1. The molecular formula is C21H25NO4. The molecule has 0 saturated carbocycles. The van der Waals surface area contributed by atoms with Crippen LogP contribution in [-0.4, -0.2) is 40.3 Å². The molecular weight excluding hydrogens is 330 g/mol. The third-order valence-electron chi connectivity index (χ3n) is 4.81. The van der Waals surface area contributed by atoms with E-state index in [1.165, 1.54) is 4.90 Å². The quantitative estimate of drug-likeness (QED) is 0.871. The van der Waals surface area contributed by atoms with E-state index in [-0.39, 0.29) is 5.92 Å². The van der Waals surface area contributed by atoms with Crippen molar-refractivity contribution in [1.29, 1.82) is 0 Å². The van der Waals surface area contributed by atoms with Gasteiger partial charge in [-0.2, -0.15) is 0 Å². The Kier molecular flexibility index (Phi) is 4.65. The number of carboxylic acids is 1. The summed E-state index contributed by atoms with van der Waals surface area (Å²) in [5.41, 5.74) is 1.58. The molecule has 5 heteroatoms. The molecule has 0 unspecified atom stereocenters. The molecule has 1 heterocycles. The third kappa shape index (κ3) is 3.52. The van der Waals surface area contributed by atoms with Gasteiger partial charge in [0.25, 0.3) is 0 Å². The molecule has 2 aromatic carbocycles. The van der Waals surface area contributed by atoms with Crippen LogP contribution in [0.4, 0.5) is 4.79 Å². The van der Waals surface area contributed by atoms with Gasteiger partial charge in [-0.1, -0.05) is 36.4 Å². The summed E-state index contributed by atoms with van der Waals surface area (Å²) in [6, 6.07) is 11.3. The number of carbonyl (C=O) groups is 2. The van der Waals surface area contributed by atoms with Crippen LogP contribution in [0, 0.1) is 6.92 Å². The first-order valence-corrected chi connectivity index (χ1v) is 8.88. The molecule has 2 aromatic rings. The lowest BCUT2D eigenvalue weighted by Gasteiger charge is -2.27. The van der Waals surface area contributed by atoms with Crippen LogP contribution in [0.1, 0.15) is 44.2 Å². The minimum atomic E-state index is -0.990. The van der Waals surface area contributed by atoms with Crippen molar-refractivity contribution in [3.8, 4) is 0 Å². The standard InChI is InChI=1S/C21H25NO4/c1-13-9-10-14-7-5-6-8-16(14)18(13)15-11-17(19(23)24)22(12-15)20(25)26-21(2,3)4/h5-10,15,17H,11-12H2,1-4H3,(H,23,24)/t15-,17-/m0/s1. The van der Waals surface area contributed by atoms with Crippen molar-refractivity contribution < 1.29 is 19.4 Å². The zero-order valence-corrected chi connectivity index (χ0v) is 15.7. The van der Waals surface area contributed by atoms with E-state index < -0.39 is 23.7 Å². The number of benzene rings is 2. The normalized spacial score (nSPS) is 20.4. The highest BCUT2D eigenvalue weighted by Crippen LogP contribution is 2.38. The van der Waals surface area contributed by atoms with Gasteiger partial charge in [0.2, 0.25) is 0 Å². The Labute approximate surface area is 153 Å². The number of hydrogen-bond acceptors (Lipinski definition) is 3. The van der Waals surface area contributed by atoms with Gasteiger partial charge in [0.15, 0.2) is 0 Å². The lowest BCUT2D eigenvalue weighted by molar-refractivity contribution is -0.142. The lowest BCUT2D eigenvalue weighted by atomic mass is 9.88. The molecule has 2 atom stereocenters. The van der Waals surface area contributed by atoms with Gasteiger partial charge in [-0.3, -0.25) is 4.90 Å². The SMILES string of the molecule is Cc1ccc2ccccc2c1[C@H]1C[C@@H](C(=O)O)N(C(=O)OC(C)(C)C)C1. The molecule has 1 saturated heterocycles. The number of likely N-dealkylation sites (tertiary alicyclic amines) is 1. The van der Waals surface area contributed by atoms with Crippen LogP contribution in [0.15, 0.2) is 36.4 Å². The Hall–Kier alpha value is -2.56. The van der Waals surface area contributed by atoms with E-state index in [9.17, 15) is 14.7 Å². The summed E-state index contributed by atoms with van der Waals surface area (Å²) in [6.45, 7) is 7.73. The van der Waals surface area contributed by atoms with Crippen LogP contribution >= 0.6 is 0 Å². The molecule has 1 aliphatic rings. The van der Waals surface area contributed by atoms with E-state index in [0.29, 0.717) is 13.0 Å². The predicted molar refractivity (Wildman–Crippen MR) is 100 cm³/mol. The molecule has 0 bridgehead atoms. The summed E-state index contributed by atoms with van der Waals surface area (Å²) in [4.78, 5) is 25.7. The van der Waals surface area contributed by atoms with Crippen molar-refractivity contribution in [3.05, 3.63) is 47.5 Å². The number of hydrogen-bond donors (Lipinski definition) is 1. The first kappa shape index (κ1) is 18.2. The molecule has 0 aromatic heterocycles. The lowest BCUT2D eigenvalue weighted by Crippen LogP contribution is -2.43. The summed E-state index contributed by atoms with van der Waals surface area (Å²) in [5.74, 6) is -1.02. The zero-order valence-electron chi connectivity index (χ0n) is 15.7. The summed E-state index contributed by atoms with van der Waals surface area (Å²) >= 11 is 0. The van der Waals surface area contributed by atoms with Gasteiger partial charge in [-0.15, -0.1) is 0 Å². The highest BCUT2D eigenvalue weighted by atomic mass is 16.6. The molecule has 26 heavy (non-hydrogen) atoms. The van der Waals surface area contributed by atoms with E-state index in [1.54, 1.807) is 20.8 Å². The van der Waals surface area contributed by atoms with E-state index in [4.69, 9.17) is 4.74 Å². The molecule has 1 aliphatic heterocycles. The van der Waals surface area contributed by atoms with Crippen molar-refractivity contribution in [2.75, 3.05) is 6.54 Å². The summed E-state index contributed by atoms with van der Waals surface area (Å²) in [6.07, 6.45) is -0.172. The second-order valence-electron chi connectivity index (χ2n) is 7.94. The van der Waals surface area contributed by atoms with Crippen LogP contribution in [0.5, 0.6) is 0 Å². The maximum atomic E-state index is 12.5. The summed E-state index contributed by atoms with van der Waals surface area (Å²) < 4.78 is 5.43. The molecule has 0 spiro atoms. The van der Waals surface area contributed by atoms with E-state index >= 15 is 0 Å². The van der Waals surface area contributed by atoms with Crippen LogP contribution in [0.25, 0.3) is 10.8 Å². The third-order valence-corrected chi connectivity index (χ3v) is 4.81. The van der Waals surface area contributed by atoms with Crippen LogP contribution in [0.3, 0.4) is 0 Å². The second-order valence-corrected chi connectivity index (χ2v) is 7.94. The van der Waals surface area contributed by atoms with Crippen molar-refractivity contribution in [2.24, 2.45) is 0 Å². The van der Waals surface area contributed by atoms with E-state index in [2.05, 4.69) is 18.2 Å². The number of nitrogens with zero attached hydrogens (tertiary/aromatic N) is 1. The molecule has 138 valence electrons. The van der Waals surface area contributed by atoms with Crippen molar-refractivity contribution in [2.45, 2.75) is 51.7 Å². The molecule has 0 aliphatic carbocycles. The Morgan fingerprint density at radius 1 is 1.15 bits per heavy atom. The molecule has 1 N–H and O–H groups in total. The average Bonchev–Trinajstić information content (AvgIpc) is 2.98. The summed E-state index contributed by atoms with van der Waals surface area (Å²) in [7, 11) is 0. The van der Waals surface area contributed by atoms with Gasteiger partial charge in [-0.25, -0.2) is 9.59 Å². The number of carbonyl (C=O) groups excluding carboxylic acids is 1. The van der Waals surface area contributed by atoms with Gasteiger partial charge < -0.3 is 9.84 Å². The van der Waals surface area contributed by atoms with Crippen LogP contribution in [-0.2, 0) is 9.53 Å². The molecule has 1 amide bonds. The molecule has 3 rings (SSSR count). The van der Waals surface area contributed by atoms with Gasteiger partial charge in [-0.05, 0) is 56.0 Å². The van der Waals surface area contributed by atoms with Crippen molar-refractivity contribution in [1.82, 2.24) is 4.90 Å². The topological polar surface area (TPSA) is 66.8 Å². The number of aliphatic carboxylic acids is 1. The van der Waals surface area contributed by atoms with Gasteiger partial charge in [0, 0.05) is 12.5 Å². The number of aryl methyl sites for hydroxylation is 1. The average molecular weight is 355 g/mol. The first-order chi connectivity index (χ1) is 12.2. The monoisotopic (exact) mass is 355 g/mol. The predicted octanol–water partition coefficient (Wildman–Crippen LogP) is 4.33. The highest BCUT2D eigenvalue weighted by Gasteiger charge is 2.42. The minimum Gasteiger partial charge on any atom is -0.480 e. The van der Waals surface area contributed by atoms with Gasteiger partial charge in [0.1, 0.15) is 11.6 Å².